The minimum Gasteiger partial charge on any atom is -0.490 e. The molecule has 0 bridgehead atoms. The van der Waals surface area contributed by atoms with Crippen LogP contribution in [0.2, 0.25) is 0 Å². The van der Waals surface area contributed by atoms with Crippen molar-refractivity contribution in [2.75, 3.05) is 6.61 Å². The molecule has 1 aliphatic rings. The number of thiocarbonyl (C=S) groups is 1. The van der Waals surface area contributed by atoms with Gasteiger partial charge in [0.1, 0.15) is 22.7 Å². The van der Waals surface area contributed by atoms with E-state index in [4.69, 9.17) is 17.0 Å². The number of nitrogens with zero attached hydrogens (tertiary/aromatic N) is 1. The summed E-state index contributed by atoms with van der Waals surface area (Å²) in [5, 5.41) is 9.70. The van der Waals surface area contributed by atoms with Crippen LogP contribution in [0.3, 0.4) is 0 Å². The summed E-state index contributed by atoms with van der Waals surface area (Å²) in [5.74, 6) is -0.783. The zero-order valence-electron chi connectivity index (χ0n) is 15.5. The van der Waals surface area contributed by atoms with Crippen LogP contribution < -0.4 is 4.74 Å². The number of benzene rings is 2. The second-order valence-corrected chi connectivity index (χ2v) is 7.94. The summed E-state index contributed by atoms with van der Waals surface area (Å²) in [4.78, 5) is 26.4. The van der Waals surface area contributed by atoms with Gasteiger partial charge in [-0.1, -0.05) is 79.1 Å². The lowest BCUT2D eigenvalue weighted by atomic mass is 10.0. The molecule has 0 aliphatic carbocycles. The highest BCUT2D eigenvalue weighted by Crippen LogP contribution is 2.35. The molecular formula is C22H19NO4S2. The second-order valence-electron chi connectivity index (χ2n) is 6.26. The van der Waals surface area contributed by atoms with Gasteiger partial charge in [-0.2, -0.15) is 0 Å². The van der Waals surface area contributed by atoms with Crippen LogP contribution in [-0.4, -0.2) is 38.9 Å². The van der Waals surface area contributed by atoms with Crippen LogP contribution in [0.1, 0.15) is 11.1 Å². The van der Waals surface area contributed by atoms with E-state index in [1.54, 1.807) is 24.3 Å². The maximum atomic E-state index is 12.9. The van der Waals surface area contributed by atoms with Crippen LogP contribution in [0.4, 0.5) is 0 Å². The number of carbonyl (C=O) groups excluding carboxylic acids is 1. The number of ether oxygens (including phenoxy) is 1. The first-order valence-corrected chi connectivity index (χ1v) is 10.1. The summed E-state index contributed by atoms with van der Waals surface area (Å²) in [6.07, 6.45) is 3.55. The highest BCUT2D eigenvalue weighted by atomic mass is 32.2. The quantitative estimate of drug-likeness (QED) is 0.389. The van der Waals surface area contributed by atoms with Gasteiger partial charge in [0.15, 0.2) is 0 Å². The van der Waals surface area contributed by atoms with E-state index in [1.807, 2.05) is 42.5 Å². The molecule has 7 heteroatoms. The van der Waals surface area contributed by atoms with Gasteiger partial charge < -0.3 is 9.84 Å². The number of hydrogen-bond acceptors (Lipinski definition) is 5. The Morgan fingerprint density at radius 3 is 2.52 bits per heavy atom. The number of aliphatic carboxylic acids is 1. The maximum Gasteiger partial charge on any atom is 0.327 e. The summed E-state index contributed by atoms with van der Waals surface area (Å²) in [6, 6.07) is 15.4. The van der Waals surface area contributed by atoms with Gasteiger partial charge >= 0.3 is 5.97 Å². The van der Waals surface area contributed by atoms with E-state index in [1.165, 1.54) is 4.90 Å². The minimum absolute atomic E-state index is 0.186. The van der Waals surface area contributed by atoms with Crippen LogP contribution in [-0.2, 0) is 16.0 Å². The number of carboxylic acids is 1. The standard InChI is InChI=1S/C22H19NO4S2/c1-2-12-27-17-10-8-16(9-11-17)14-19-20(24)23(22(28)29-19)18(21(25)26)13-15-6-4-3-5-7-15/h2-11,14,18H,1,12-13H2,(H,25,26)/b19-14-. The summed E-state index contributed by atoms with van der Waals surface area (Å²) < 4.78 is 5.69. The SMILES string of the molecule is C=CCOc1ccc(/C=C2\SC(=S)N(C(Cc3ccccc3)C(=O)O)C2=O)cc1. The van der Waals surface area contributed by atoms with Gasteiger partial charge in [0.05, 0.1) is 4.91 Å². The first-order valence-electron chi connectivity index (χ1n) is 8.87. The molecule has 1 atom stereocenters. The molecule has 3 rings (SSSR count). The van der Waals surface area contributed by atoms with Gasteiger partial charge in [-0.25, -0.2) is 4.79 Å². The fraction of sp³-hybridized carbons (Fsp3) is 0.136. The fourth-order valence-corrected chi connectivity index (χ4v) is 4.20. The van der Waals surface area contributed by atoms with E-state index < -0.39 is 17.9 Å². The number of hydrogen-bond donors (Lipinski definition) is 1. The van der Waals surface area contributed by atoms with Crippen molar-refractivity contribution in [1.82, 2.24) is 4.90 Å². The first-order chi connectivity index (χ1) is 14.0. The third kappa shape index (κ3) is 5.13. The van der Waals surface area contributed by atoms with Crippen LogP contribution in [0.5, 0.6) is 5.75 Å². The smallest absolute Gasteiger partial charge is 0.327 e. The van der Waals surface area contributed by atoms with Crippen molar-refractivity contribution in [3.63, 3.8) is 0 Å². The molecule has 0 spiro atoms. The molecule has 0 radical (unpaired) electrons. The molecule has 1 amide bonds. The van der Waals surface area contributed by atoms with Crippen LogP contribution in [0.25, 0.3) is 6.08 Å². The lowest BCUT2D eigenvalue weighted by Gasteiger charge is -2.23. The van der Waals surface area contributed by atoms with E-state index in [9.17, 15) is 14.7 Å². The maximum absolute atomic E-state index is 12.9. The summed E-state index contributed by atoms with van der Waals surface area (Å²) in [6.45, 7) is 4.02. The third-order valence-electron chi connectivity index (χ3n) is 4.24. The van der Waals surface area contributed by atoms with E-state index in [0.717, 1.165) is 22.9 Å². The number of amides is 1. The molecule has 1 N–H and O–H groups in total. The van der Waals surface area contributed by atoms with Gasteiger partial charge in [-0.05, 0) is 29.3 Å². The second kappa shape index (κ2) is 9.54. The van der Waals surface area contributed by atoms with Crippen LogP contribution in [0, 0.1) is 0 Å². The number of carbonyl (C=O) groups is 2. The predicted molar refractivity (Wildman–Crippen MR) is 119 cm³/mol. The highest BCUT2D eigenvalue weighted by Gasteiger charge is 2.40. The molecule has 148 valence electrons. The third-order valence-corrected chi connectivity index (χ3v) is 5.57. The Morgan fingerprint density at radius 1 is 1.21 bits per heavy atom. The normalized spacial score (nSPS) is 16.1. The lowest BCUT2D eigenvalue weighted by molar-refractivity contribution is -0.145. The monoisotopic (exact) mass is 425 g/mol. The zero-order valence-corrected chi connectivity index (χ0v) is 17.1. The molecule has 2 aromatic rings. The largest absolute Gasteiger partial charge is 0.490 e. The Kier molecular flexibility index (Phi) is 6.85. The number of carboxylic acid groups (broad SMARTS) is 1. The Bertz CT molecular complexity index is 955. The van der Waals surface area contributed by atoms with Gasteiger partial charge in [0.25, 0.3) is 5.91 Å². The number of thioether (sulfide) groups is 1. The van der Waals surface area contributed by atoms with Crippen molar-refractivity contribution in [1.29, 1.82) is 0 Å². The Hall–Kier alpha value is -2.90. The molecule has 0 aromatic heterocycles. The van der Waals surface area contributed by atoms with Gasteiger partial charge in [-0.15, -0.1) is 0 Å². The Morgan fingerprint density at radius 2 is 1.90 bits per heavy atom. The molecular weight excluding hydrogens is 406 g/mol. The lowest BCUT2D eigenvalue weighted by Crippen LogP contribution is -2.45. The minimum atomic E-state index is -1.09. The van der Waals surface area contributed by atoms with Crippen molar-refractivity contribution in [2.24, 2.45) is 0 Å². The summed E-state index contributed by atoms with van der Waals surface area (Å²) in [5.41, 5.74) is 1.62. The fourth-order valence-electron chi connectivity index (χ4n) is 2.84. The molecule has 0 saturated carbocycles. The molecule has 1 fully saturated rings. The van der Waals surface area contributed by atoms with Crippen molar-refractivity contribution < 1.29 is 19.4 Å². The van der Waals surface area contributed by atoms with E-state index >= 15 is 0 Å². The Balaban J connectivity index is 1.79. The van der Waals surface area contributed by atoms with E-state index in [2.05, 4.69) is 6.58 Å². The zero-order chi connectivity index (χ0) is 20.8. The van der Waals surface area contributed by atoms with Crippen molar-refractivity contribution in [3.8, 4) is 5.75 Å². The van der Waals surface area contributed by atoms with Gasteiger partial charge in [0.2, 0.25) is 0 Å². The Labute approximate surface area is 178 Å². The van der Waals surface area contributed by atoms with E-state index in [0.29, 0.717) is 17.3 Å². The highest BCUT2D eigenvalue weighted by molar-refractivity contribution is 8.26. The molecule has 1 unspecified atom stereocenters. The summed E-state index contributed by atoms with van der Waals surface area (Å²) >= 11 is 6.44. The van der Waals surface area contributed by atoms with Gasteiger partial charge in [0, 0.05) is 6.42 Å². The molecule has 1 heterocycles. The summed E-state index contributed by atoms with van der Waals surface area (Å²) in [7, 11) is 0. The molecule has 1 aliphatic heterocycles. The molecule has 29 heavy (non-hydrogen) atoms. The predicted octanol–water partition coefficient (Wildman–Crippen LogP) is 4.15. The first kappa shape index (κ1) is 20.8. The van der Waals surface area contributed by atoms with Crippen molar-refractivity contribution in [2.45, 2.75) is 12.5 Å². The van der Waals surface area contributed by atoms with Crippen molar-refractivity contribution in [3.05, 3.63) is 83.3 Å². The topological polar surface area (TPSA) is 66.8 Å². The molecule has 5 nitrogen and oxygen atoms in total. The van der Waals surface area contributed by atoms with E-state index in [-0.39, 0.29) is 10.7 Å². The number of rotatable bonds is 8. The average molecular weight is 426 g/mol. The van der Waals surface area contributed by atoms with Crippen LogP contribution >= 0.6 is 24.0 Å². The molecule has 1 saturated heterocycles. The average Bonchev–Trinajstić information content (AvgIpc) is 2.99. The van der Waals surface area contributed by atoms with Crippen LogP contribution in [0.15, 0.2) is 72.2 Å². The molecule has 2 aromatic carbocycles. The van der Waals surface area contributed by atoms with Gasteiger partial charge in [-0.3, -0.25) is 9.69 Å². The van der Waals surface area contributed by atoms with Crippen molar-refractivity contribution >= 4 is 46.3 Å².